The van der Waals surface area contributed by atoms with Crippen molar-refractivity contribution >= 4 is 5.84 Å². The van der Waals surface area contributed by atoms with Gasteiger partial charge in [-0.25, -0.2) is 0 Å². The molecule has 1 aliphatic heterocycles. The standard InChI is InChI=1S/C14H17N3/c15-10-12-5-4-6-13(9-12)11-17-14-7-2-1-3-8-16-14/h4-6,9H,1-3,7-8,11H2,(H,16,17). The highest BCUT2D eigenvalue weighted by molar-refractivity contribution is 5.82. The van der Waals surface area contributed by atoms with Crippen LogP contribution in [0.2, 0.25) is 0 Å². The van der Waals surface area contributed by atoms with Gasteiger partial charge in [0.15, 0.2) is 0 Å². The van der Waals surface area contributed by atoms with Crippen LogP contribution in [0.25, 0.3) is 0 Å². The van der Waals surface area contributed by atoms with Crippen molar-refractivity contribution in [2.24, 2.45) is 4.99 Å². The molecular formula is C14H17N3. The van der Waals surface area contributed by atoms with Gasteiger partial charge in [-0.3, -0.25) is 4.99 Å². The Bertz CT molecular complexity index is 443. The second-order valence-corrected chi connectivity index (χ2v) is 4.30. The minimum atomic E-state index is 0.715. The Kier molecular flexibility index (Phi) is 4.15. The average Bonchev–Trinajstić information content (AvgIpc) is 2.65. The van der Waals surface area contributed by atoms with Gasteiger partial charge >= 0.3 is 0 Å². The van der Waals surface area contributed by atoms with Gasteiger partial charge in [0.1, 0.15) is 0 Å². The van der Waals surface area contributed by atoms with Crippen molar-refractivity contribution in [2.75, 3.05) is 6.54 Å². The average molecular weight is 227 g/mol. The highest BCUT2D eigenvalue weighted by Crippen LogP contribution is 2.08. The van der Waals surface area contributed by atoms with E-state index in [2.05, 4.69) is 16.4 Å². The van der Waals surface area contributed by atoms with E-state index in [0.29, 0.717) is 5.56 Å². The third-order valence-corrected chi connectivity index (χ3v) is 2.93. The molecule has 0 amide bonds. The zero-order valence-corrected chi connectivity index (χ0v) is 9.95. The lowest BCUT2D eigenvalue weighted by Crippen LogP contribution is -2.22. The van der Waals surface area contributed by atoms with Gasteiger partial charge in [-0.1, -0.05) is 18.6 Å². The second-order valence-electron chi connectivity index (χ2n) is 4.30. The molecule has 3 heteroatoms. The van der Waals surface area contributed by atoms with E-state index in [4.69, 9.17) is 5.26 Å². The van der Waals surface area contributed by atoms with Crippen LogP contribution < -0.4 is 5.32 Å². The van der Waals surface area contributed by atoms with Crippen molar-refractivity contribution in [1.82, 2.24) is 5.32 Å². The molecule has 0 saturated carbocycles. The van der Waals surface area contributed by atoms with Gasteiger partial charge in [0.25, 0.3) is 0 Å². The molecule has 3 nitrogen and oxygen atoms in total. The molecule has 1 aromatic rings. The summed E-state index contributed by atoms with van der Waals surface area (Å²) in [7, 11) is 0. The number of amidine groups is 1. The predicted molar refractivity (Wildman–Crippen MR) is 68.8 cm³/mol. The predicted octanol–water partition coefficient (Wildman–Crippen LogP) is 2.62. The van der Waals surface area contributed by atoms with Crippen molar-refractivity contribution in [1.29, 1.82) is 5.26 Å². The summed E-state index contributed by atoms with van der Waals surface area (Å²) in [6, 6.07) is 9.86. The lowest BCUT2D eigenvalue weighted by Gasteiger charge is -2.08. The molecule has 1 heterocycles. The summed E-state index contributed by atoms with van der Waals surface area (Å²) in [5, 5.41) is 12.2. The van der Waals surface area contributed by atoms with Crippen LogP contribution in [-0.2, 0) is 6.54 Å². The van der Waals surface area contributed by atoms with Crippen LogP contribution in [0.15, 0.2) is 29.3 Å². The van der Waals surface area contributed by atoms with Crippen LogP contribution in [0, 0.1) is 11.3 Å². The molecule has 0 saturated heterocycles. The van der Waals surface area contributed by atoms with E-state index < -0.39 is 0 Å². The Labute approximate surface area is 102 Å². The Morgan fingerprint density at radius 3 is 3.12 bits per heavy atom. The monoisotopic (exact) mass is 227 g/mol. The number of nitrogens with one attached hydrogen (secondary N) is 1. The maximum atomic E-state index is 8.82. The summed E-state index contributed by atoms with van der Waals surface area (Å²) in [6.07, 6.45) is 4.76. The van der Waals surface area contributed by atoms with Crippen LogP contribution in [0.5, 0.6) is 0 Å². The Morgan fingerprint density at radius 2 is 2.24 bits per heavy atom. The van der Waals surface area contributed by atoms with Crippen molar-refractivity contribution < 1.29 is 0 Å². The van der Waals surface area contributed by atoms with E-state index >= 15 is 0 Å². The molecule has 0 bridgehead atoms. The SMILES string of the molecule is N#Cc1cccc(CNC2=NCCCCC2)c1. The highest BCUT2D eigenvalue weighted by Gasteiger charge is 2.03. The minimum Gasteiger partial charge on any atom is -0.370 e. The van der Waals surface area contributed by atoms with Crippen molar-refractivity contribution in [3.63, 3.8) is 0 Å². The second kappa shape index (κ2) is 6.05. The molecule has 0 aromatic heterocycles. The molecule has 1 aliphatic rings. The number of rotatable bonds is 2. The summed E-state index contributed by atoms with van der Waals surface area (Å²) < 4.78 is 0. The first-order valence-corrected chi connectivity index (χ1v) is 6.15. The van der Waals surface area contributed by atoms with E-state index in [1.165, 1.54) is 19.3 Å². The number of nitriles is 1. The number of hydrogen-bond acceptors (Lipinski definition) is 3. The third kappa shape index (κ3) is 3.60. The molecule has 17 heavy (non-hydrogen) atoms. The quantitative estimate of drug-likeness (QED) is 0.844. The molecule has 0 atom stereocenters. The summed E-state index contributed by atoms with van der Waals surface area (Å²) in [5.41, 5.74) is 1.85. The molecule has 0 unspecified atom stereocenters. The zero-order valence-electron chi connectivity index (χ0n) is 9.95. The lowest BCUT2D eigenvalue weighted by atomic mass is 10.1. The molecule has 1 aromatic carbocycles. The first-order chi connectivity index (χ1) is 8.38. The van der Waals surface area contributed by atoms with E-state index in [-0.39, 0.29) is 0 Å². The number of aliphatic imine (C=N–C) groups is 1. The molecule has 88 valence electrons. The third-order valence-electron chi connectivity index (χ3n) is 2.93. The summed E-state index contributed by atoms with van der Waals surface area (Å²) in [4.78, 5) is 4.52. The molecule has 0 spiro atoms. The lowest BCUT2D eigenvalue weighted by molar-refractivity contribution is 0.728. The summed E-state index contributed by atoms with van der Waals surface area (Å²) in [5.74, 6) is 1.12. The molecule has 0 radical (unpaired) electrons. The normalized spacial score (nSPS) is 15.6. The van der Waals surface area contributed by atoms with Crippen LogP contribution in [0.3, 0.4) is 0 Å². The maximum absolute atomic E-state index is 8.82. The van der Waals surface area contributed by atoms with Gasteiger partial charge in [0.2, 0.25) is 0 Å². The molecule has 0 aliphatic carbocycles. The first kappa shape index (κ1) is 11.7. The summed E-state index contributed by atoms with van der Waals surface area (Å²) in [6.45, 7) is 1.70. The van der Waals surface area contributed by atoms with E-state index in [1.54, 1.807) is 0 Å². The van der Waals surface area contributed by atoms with Gasteiger partial charge in [-0.05, 0) is 30.5 Å². The Hall–Kier alpha value is -1.82. The number of benzene rings is 1. The first-order valence-electron chi connectivity index (χ1n) is 6.15. The molecule has 2 rings (SSSR count). The van der Waals surface area contributed by atoms with Gasteiger partial charge < -0.3 is 5.32 Å². The molecule has 0 fully saturated rings. The Morgan fingerprint density at radius 1 is 1.29 bits per heavy atom. The van der Waals surface area contributed by atoms with Crippen LogP contribution >= 0.6 is 0 Å². The number of nitrogens with zero attached hydrogens (tertiary/aromatic N) is 2. The fourth-order valence-electron chi connectivity index (χ4n) is 1.97. The van der Waals surface area contributed by atoms with Crippen LogP contribution in [0.1, 0.15) is 36.8 Å². The van der Waals surface area contributed by atoms with E-state index in [9.17, 15) is 0 Å². The maximum Gasteiger partial charge on any atom is 0.0991 e. The summed E-state index contributed by atoms with van der Waals surface area (Å²) >= 11 is 0. The largest absolute Gasteiger partial charge is 0.370 e. The van der Waals surface area contributed by atoms with Crippen LogP contribution in [-0.4, -0.2) is 12.4 Å². The zero-order chi connectivity index (χ0) is 11.9. The van der Waals surface area contributed by atoms with Gasteiger partial charge in [0, 0.05) is 19.5 Å². The van der Waals surface area contributed by atoms with Gasteiger partial charge in [-0.2, -0.15) is 5.26 Å². The van der Waals surface area contributed by atoms with Crippen molar-refractivity contribution in [2.45, 2.75) is 32.2 Å². The highest BCUT2D eigenvalue weighted by atomic mass is 15.0. The van der Waals surface area contributed by atoms with Gasteiger partial charge in [0.05, 0.1) is 17.5 Å². The fraction of sp³-hybridized carbons (Fsp3) is 0.429. The molecule has 1 N–H and O–H groups in total. The molecular weight excluding hydrogens is 210 g/mol. The van der Waals surface area contributed by atoms with Gasteiger partial charge in [-0.15, -0.1) is 0 Å². The van der Waals surface area contributed by atoms with Crippen molar-refractivity contribution in [3.05, 3.63) is 35.4 Å². The van der Waals surface area contributed by atoms with E-state index in [0.717, 1.165) is 30.9 Å². The fourth-order valence-corrected chi connectivity index (χ4v) is 1.97. The smallest absolute Gasteiger partial charge is 0.0991 e. The van der Waals surface area contributed by atoms with Crippen molar-refractivity contribution in [3.8, 4) is 6.07 Å². The minimum absolute atomic E-state index is 0.715. The topological polar surface area (TPSA) is 48.2 Å². The van der Waals surface area contributed by atoms with E-state index in [1.807, 2.05) is 24.3 Å². The number of hydrogen-bond donors (Lipinski definition) is 1. The Balaban J connectivity index is 1.92. The van der Waals surface area contributed by atoms with Crippen LogP contribution in [0.4, 0.5) is 0 Å².